The van der Waals surface area contributed by atoms with Gasteiger partial charge in [0.2, 0.25) is 0 Å². The molecule has 6 nitrogen and oxygen atoms in total. The topological polar surface area (TPSA) is 91.8 Å². The Morgan fingerprint density at radius 2 is 1.97 bits per heavy atom. The number of aromatic amines is 1. The van der Waals surface area contributed by atoms with E-state index in [1.807, 2.05) is 25.1 Å². The summed E-state index contributed by atoms with van der Waals surface area (Å²) in [6.07, 6.45) is 8.25. The lowest BCUT2D eigenvalue weighted by atomic mass is 9.52. The number of hydrogen-bond donors (Lipinski definition) is 2. The van der Waals surface area contributed by atoms with Gasteiger partial charge in [-0.2, -0.15) is 5.10 Å². The number of allylic oxidation sites excluding steroid dienone is 1. The van der Waals surface area contributed by atoms with E-state index in [9.17, 15) is 9.90 Å². The molecular formula is C23H22N4O2. The molecule has 2 aliphatic rings. The van der Waals surface area contributed by atoms with Gasteiger partial charge in [0, 0.05) is 40.4 Å². The number of benzene rings is 1. The van der Waals surface area contributed by atoms with Crippen molar-refractivity contribution >= 4 is 5.78 Å². The largest absolute Gasteiger partial charge is 0.515 e. The molecule has 29 heavy (non-hydrogen) atoms. The van der Waals surface area contributed by atoms with Crippen molar-refractivity contribution in [2.75, 3.05) is 0 Å². The highest BCUT2D eigenvalue weighted by molar-refractivity contribution is 5.98. The molecule has 0 amide bonds. The first-order chi connectivity index (χ1) is 14.2. The quantitative estimate of drug-likeness (QED) is 0.517. The van der Waals surface area contributed by atoms with E-state index in [0.29, 0.717) is 12.0 Å². The number of H-pyrrole nitrogens is 1. The van der Waals surface area contributed by atoms with Crippen molar-refractivity contribution < 1.29 is 9.90 Å². The zero-order valence-corrected chi connectivity index (χ0v) is 16.2. The van der Waals surface area contributed by atoms with Crippen LogP contribution in [0.25, 0.3) is 11.3 Å². The van der Waals surface area contributed by atoms with Crippen LogP contribution < -0.4 is 0 Å². The summed E-state index contributed by atoms with van der Waals surface area (Å²) in [5, 5.41) is 17.9. The number of carbonyl (C=O) groups is 1. The minimum atomic E-state index is -0.457. The molecule has 0 spiro atoms. The van der Waals surface area contributed by atoms with Gasteiger partial charge in [-0.1, -0.05) is 37.3 Å². The van der Waals surface area contributed by atoms with E-state index in [1.165, 1.54) is 6.33 Å². The number of aliphatic hydroxyl groups excluding tert-OH is 1. The second kappa shape index (κ2) is 6.65. The Balaban J connectivity index is 1.77. The number of nitrogens with one attached hydrogen (secondary N) is 1. The molecule has 1 saturated carbocycles. The maximum absolute atomic E-state index is 12.9. The molecule has 6 heteroatoms. The fourth-order valence-corrected chi connectivity index (χ4v) is 5.42. The third-order valence-electron chi connectivity index (χ3n) is 6.72. The molecule has 0 radical (unpaired) electrons. The van der Waals surface area contributed by atoms with Gasteiger partial charge in [-0.25, -0.2) is 9.97 Å². The van der Waals surface area contributed by atoms with Gasteiger partial charge >= 0.3 is 0 Å². The van der Waals surface area contributed by atoms with E-state index >= 15 is 0 Å². The normalized spacial score (nSPS) is 27.5. The number of aromatic nitrogens is 4. The summed E-state index contributed by atoms with van der Waals surface area (Å²) in [5.74, 6) is -0.0211. The van der Waals surface area contributed by atoms with E-state index in [-0.39, 0.29) is 17.6 Å². The van der Waals surface area contributed by atoms with Crippen LogP contribution in [0.15, 0.2) is 60.9 Å². The van der Waals surface area contributed by atoms with Crippen molar-refractivity contribution in [3.63, 3.8) is 0 Å². The minimum Gasteiger partial charge on any atom is -0.515 e. The number of nitrogens with zero attached hydrogens (tertiary/aromatic N) is 3. The van der Waals surface area contributed by atoms with Crippen molar-refractivity contribution in [1.29, 1.82) is 0 Å². The summed E-state index contributed by atoms with van der Waals surface area (Å²) in [6, 6.07) is 10.3. The molecule has 2 aromatic heterocycles. The maximum Gasteiger partial charge on any atom is 0.165 e. The molecule has 146 valence electrons. The number of Topliss-reactive ketones (excluding diaryl/α,β-unsaturated/α-hetero) is 1. The average Bonchev–Trinajstić information content (AvgIpc) is 3.22. The standard InChI is InChI=1S/C23H22N4O2/c1-14-19-8-7-18-20(16-10-24-13-25-11-16)26-27-22(18)23(19,9-15(12-28)21(14)29)17-5-3-2-4-6-17/h2-6,10-14,19,28H,7-9H2,1H3,(H,26,27)/t14-,19-,23+/m0/s1. The van der Waals surface area contributed by atoms with E-state index in [1.54, 1.807) is 12.4 Å². The fourth-order valence-electron chi connectivity index (χ4n) is 5.42. The first-order valence-corrected chi connectivity index (χ1v) is 9.93. The molecule has 1 fully saturated rings. The first kappa shape index (κ1) is 17.8. The summed E-state index contributed by atoms with van der Waals surface area (Å²) >= 11 is 0. The molecule has 5 rings (SSSR count). The van der Waals surface area contributed by atoms with Crippen LogP contribution in [0.2, 0.25) is 0 Å². The molecule has 0 unspecified atom stereocenters. The van der Waals surface area contributed by atoms with Crippen LogP contribution in [-0.2, 0) is 16.6 Å². The lowest BCUT2D eigenvalue weighted by Crippen LogP contribution is -2.50. The smallest absolute Gasteiger partial charge is 0.165 e. The summed E-state index contributed by atoms with van der Waals surface area (Å²) in [6.45, 7) is 1.98. The van der Waals surface area contributed by atoms with Crippen molar-refractivity contribution in [3.8, 4) is 11.3 Å². The highest BCUT2D eigenvalue weighted by Gasteiger charge is 2.55. The predicted octanol–water partition coefficient (Wildman–Crippen LogP) is 3.77. The predicted molar refractivity (Wildman–Crippen MR) is 108 cm³/mol. The van der Waals surface area contributed by atoms with Crippen LogP contribution in [0.4, 0.5) is 0 Å². The van der Waals surface area contributed by atoms with Gasteiger partial charge in [-0.3, -0.25) is 9.89 Å². The monoisotopic (exact) mass is 386 g/mol. The van der Waals surface area contributed by atoms with Crippen LogP contribution in [0.1, 0.15) is 36.6 Å². The molecule has 2 heterocycles. The number of carbonyl (C=O) groups excluding carboxylic acids is 1. The zero-order valence-electron chi connectivity index (χ0n) is 16.2. The Hall–Kier alpha value is -3.28. The molecule has 3 atom stereocenters. The summed E-state index contributed by atoms with van der Waals surface area (Å²) in [4.78, 5) is 21.1. The van der Waals surface area contributed by atoms with Gasteiger partial charge < -0.3 is 5.11 Å². The summed E-state index contributed by atoms with van der Waals surface area (Å²) < 4.78 is 0. The van der Waals surface area contributed by atoms with E-state index in [4.69, 9.17) is 5.10 Å². The first-order valence-electron chi connectivity index (χ1n) is 9.93. The Morgan fingerprint density at radius 1 is 1.21 bits per heavy atom. The number of fused-ring (bicyclic) bond motifs is 3. The molecular weight excluding hydrogens is 364 g/mol. The number of rotatable bonds is 2. The highest BCUT2D eigenvalue weighted by atomic mass is 16.2. The second-order valence-electron chi connectivity index (χ2n) is 8.02. The molecule has 1 aromatic carbocycles. The SMILES string of the molecule is C[C@@H]1C(=O)C(=CO)C[C@]2(c3ccccc3)c3n[nH]c(-c4cncnc4)c3CC[C@@H]12. The lowest BCUT2D eigenvalue weighted by molar-refractivity contribution is -0.123. The van der Waals surface area contributed by atoms with Crippen molar-refractivity contribution in [2.45, 2.75) is 31.6 Å². The maximum atomic E-state index is 12.9. The number of ketones is 1. The van der Waals surface area contributed by atoms with Gasteiger partial charge in [0.25, 0.3) is 0 Å². The second-order valence-corrected chi connectivity index (χ2v) is 8.02. The molecule has 2 aliphatic carbocycles. The Morgan fingerprint density at radius 3 is 2.69 bits per heavy atom. The molecule has 0 aliphatic heterocycles. The molecule has 0 bridgehead atoms. The number of hydrogen-bond acceptors (Lipinski definition) is 5. The zero-order chi connectivity index (χ0) is 20.0. The third kappa shape index (κ3) is 2.48. The minimum absolute atomic E-state index is 0.0414. The fraction of sp³-hybridized carbons (Fsp3) is 0.304. The highest BCUT2D eigenvalue weighted by Crippen LogP contribution is 2.56. The van der Waals surface area contributed by atoms with Crippen molar-refractivity contribution in [3.05, 3.63) is 77.7 Å². The van der Waals surface area contributed by atoms with Crippen LogP contribution in [0.3, 0.4) is 0 Å². The van der Waals surface area contributed by atoms with Gasteiger partial charge in [0.15, 0.2) is 5.78 Å². The molecule has 0 saturated heterocycles. The molecule has 3 aromatic rings. The van der Waals surface area contributed by atoms with Crippen LogP contribution in [0, 0.1) is 11.8 Å². The van der Waals surface area contributed by atoms with Crippen LogP contribution in [0.5, 0.6) is 0 Å². The van der Waals surface area contributed by atoms with E-state index < -0.39 is 5.41 Å². The van der Waals surface area contributed by atoms with Gasteiger partial charge in [0.1, 0.15) is 6.33 Å². The van der Waals surface area contributed by atoms with Crippen LogP contribution >= 0.6 is 0 Å². The van der Waals surface area contributed by atoms with Crippen molar-refractivity contribution in [2.24, 2.45) is 11.8 Å². The lowest BCUT2D eigenvalue weighted by Gasteiger charge is -2.49. The molecule has 2 N–H and O–H groups in total. The third-order valence-corrected chi connectivity index (χ3v) is 6.72. The van der Waals surface area contributed by atoms with Gasteiger partial charge in [-0.05, 0) is 30.7 Å². The van der Waals surface area contributed by atoms with E-state index in [0.717, 1.165) is 47.2 Å². The Kier molecular flexibility index (Phi) is 4.08. The Labute approximate surface area is 168 Å². The summed E-state index contributed by atoms with van der Waals surface area (Å²) in [5.41, 5.74) is 5.11. The summed E-state index contributed by atoms with van der Waals surface area (Å²) in [7, 11) is 0. The van der Waals surface area contributed by atoms with E-state index in [2.05, 4.69) is 27.2 Å². The number of aliphatic hydroxyl groups is 1. The van der Waals surface area contributed by atoms with Crippen molar-refractivity contribution in [1.82, 2.24) is 20.2 Å². The van der Waals surface area contributed by atoms with Gasteiger partial charge in [0.05, 0.1) is 17.6 Å². The van der Waals surface area contributed by atoms with Gasteiger partial charge in [-0.15, -0.1) is 0 Å². The van der Waals surface area contributed by atoms with Crippen LogP contribution in [-0.4, -0.2) is 31.1 Å². The Bertz CT molecular complexity index is 1090. The average molecular weight is 386 g/mol.